The molecule has 64 valence electrons. The SMILES string of the molecule is N#C[O-].N#C[O-].N#C[O-].N#C[O-].[Zn+2].[Zn+2]. The van der Waals surface area contributed by atoms with Gasteiger partial charge in [-0.3, -0.25) is 0 Å². The molecule has 0 aromatic heterocycles. The zero-order valence-corrected chi connectivity index (χ0v) is 12.8. The van der Waals surface area contributed by atoms with Crippen LogP contribution in [0, 0.1) is 46.1 Å². The van der Waals surface area contributed by atoms with Crippen molar-refractivity contribution < 1.29 is 59.4 Å². The van der Waals surface area contributed by atoms with Gasteiger partial charge >= 0.3 is 39.0 Å². The third-order valence-corrected chi connectivity index (χ3v) is 0. The number of rotatable bonds is 0. The van der Waals surface area contributed by atoms with E-state index < -0.39 is 0 Å². The molecule has 0 N–H and O–H groups in total. The summed E-state index contributed by atoms with van der Waals surface area (Å²) in [6.45, 7) is 0. The van der Waals surface area contributed by atoms with Gasteiger partial charge in [0, 0.05) is 25.0 Å². The first-order valence-electron chi connectivity index (χ1n) is 1.71. The van der Waals surface area contributed by atoms with E-state index in [1.807, 2.05) is 0 Å². The van der Waals surface area contributed by atoms with Crippen molar-refractivity contribution in [1.82, 2.24) is 0 Å². The third-order valence-electron chi connectivity index (χ3n) is 0. The fourth-order valence-corrected chi connectivity index (χ4v) is 0. The molecule has 0 radical (unpaired) electrons. The van der Waals surface area contributed by atoms with E-state index in [2.05, 4.69) is 0 Å². The Hall–Kier alpha value is -1.59. The quantitative estimate of drug-likeness (QED) is 0.315. The van der Waals surface area contributed by atoms with Gasteiger partial charge in [0.25, 0.3) is 0 Å². The fraction of sp³-hybridized carbons (Fsp3) is 0. The van der Waals surface area contributed by atoms with Crippen molar-refractivity contribution >= 4 is 0 Å². The predicted octanol–water partition coefficient (Wildman–Crippen LogP) is -4.69. The molecule has 10 heteroatoms. The minimum atomic E-state index is 0. The number of hydrogen-bond donors (Lipinski definition) is 0. The molecule has 0 saturated heterocycles. The Morgan fingerprint density at radius 3 is 0.500 bits per heavy atom. The molecule has 0 fully saturated rings. The van der Waals surface area contributed by atoms with E-state index in [0.717, 1.165) is 0 Å². The van der Waals surface area contributed by atoms with Crippen molar-refractivity contribution in [2.24, 2.45) is 0 Å². The second kappa shape index (κ2) is 213. The number of hydrogen-bond acceptors (Lipinski definition) is 8. The number of nitriles is 4. The summed E-state index contributed by atoms with van der Waals surface area (Å²) in [7, 11) is 0. The Morgan fingerprint density at radius 2 is 0.500 bits per heavy atom. The van der Waals surface area contributed by atoms with Crippen LogP contribution in [0.15, 0.2) is 0 Å². The topological polar surface area (TPSA) is 187 Å². The van der Waals surface area contributed by atoms with Gasteiger partial charge in [-0.15, -0.1) is 0 Å². The molecule has 0 aliphatic carbocycles. The fourth-order valence-electron chi connectivity index (χ4n) is 0. The van der Waals surface area contributed by atoms with Crippen LogP contribution in [-0.2, 0) is 39.0 Å². The smallest absolute Gasteiger partial charge is 0.812 e. The van der Waals surface area contributed by atoms with Crippen molar-refractivity contribution in [3.05, 3.63) is 0 Å². The minimum absolute atomic E-state index is 0. The van der Waals surface area contributed by atoms with Gasteiger partial charge in [0.2, 0.25) is 0 Å². The van der Waals surface area contributed by atoms with Crippen LogP contribution in [0.4, 0.5) is 0 Å². The molecule has 0 rings (SSSR count). The van der Waals surface area contributed by atoms with Crippen LogP contribution in [0.2, 0.25) is 0 Å². The zero-order valence-electron chi connectivity index (χ0n) is 6.84. The van der Waals surface area contributed by atoms with Crippen LogP contribution in [0.5, 0.6) is 0 Å². The Morgan fingerprint density at radius 1 is 0.500 bits per heavy atom. The molecular formula is C4N4O4Zn2. The summed E-state index contributed by atoms with van der Waals surface area (Å²) < 4.78 is 0. The van der Waals surface area contributed by atoms with E-state index in [-0.39, 0.29) is 39.0 Å². The normalized spacial score (nSPS) is 2.00. The summed E-state index contributed by atoms with van der Waals surface area (Å²) in [5, 5.41) is 60.0. The Balaban J connectivity index is -0.0000000145. The van der Waals surface area contributed by atoms with Crippen LogP contribution in [-0.4, -0.2) is 0 Å². The first-order chi connectivity index (χ1) is 5.66. The second-order valence-corrected chi connectivity index (χ2v) is 0.365. The molecule has 0 unspecified atom stereocenters. The molecule has 0 bridgehead atoms. The van der Waals surface area contributed by atoms with Gasteiger partial charge in [-0.1, -0.05) is 0 Å². The van der Waals surface area contributed by atoms with Gasteiger partial charge in [0.1, 0.15) is 0 Å². The van der Waals surface area contributed by atoms with Gasteiger partial charge in [-0.05, 0) is 0 Å². The van der Waals surface area contributed by atoms with E-state index in [9.17, 15) is 0 Å². The van der Waals surface area contributed by atoms with Crippen molar-refractivity contribution in [2.45, 2.75) is 0 Å². The van der Waals surface area contributed by atoms with E-state index in [0.29, 0.717) is 25.0 Å². The van der Waals surface area contributed by atoms with Gasteiger partial charge in [-0.2, -0.15) is 0 Å². The number of nitrogens with zero attached hydrogens (tertiary/aromatic N) is 4. The van der Waals surface area contributed by atoms with Crippen molar-refractivity contribution in [2.75, 3.05) is 0 Å². The Labute approximate surface area is 105 Å². The molecule has 0 spiro atoms. The van der Waals surface area contributed by atoms with Crippen LogP contribution in [0.3, 0.4) is 0 Å². The standard InChI is InChI=1S/4CHNO.2Zn/c4*2-1-3;;/h4*3H;;/q;;;;2*+2/p-4. The molecule has 0 aromatic carbocycles. The van der Waals surface area contributed by atoms with Gasteiger partial charge in [0.05, 0.1) is 0 Å². The van der Waals surface area contributed by atoms with E-state index in [4.69, 9.17) is 41.5 Å². The summed E-state index contributed by atoms with van der Waals surface area (Å²) in [6.07, 6.45) is 2.00. The summed E-state index contributed by atoms with van der Waals surface area (Å²) in [5.74, 6) is 0. The van der Waals surface area contributed by atoms with Gasteiger partial charge in [0.15, 0.2) is 0 Å². The predicted molar refractivity (Wildman–Crippen MR) is 22.5 cm³/mol. The molecule has 0 heterocycles. The molecule has 0 aliphatic rings. The Bertz CT molecular complexity index is 161. The van der Waals surface area contributed by atoms with Crippen LogP contribution in [0.25, 0.3) is 0 Å². The molecule has 0 saturated carbocycles. The molecule has 0 aliphatic heterocycles. The van der Waals surface area contributed by atoms with Crippen LogP contribution >= 0.6 is 0 Å². The Kier molecular flexibility index (Phi) is 599. The first kappa shape index (κ1) is 39.3. The molecule has 14 heavy (non-hydrogen) atoms. The molecule has 0 aromatic rings. The van der Waals surface area contributed by atoms with Gasteiger partial charge < -0.3 is 20.4 Å². The van der Waals surface area contributed by atoms with E-state index in [1.54, 1.807) is 0 Å². The van der Waals surface area contributed by atoms with E-state index in [1.165, 1.54) is 0 Å². The van der Waals surface area contributed by atoms with E-state index >= 15 is 0 Å². The average Bonchev–Trinajstić information content (AvgIpc) is 1.92. The summed E-state index contributed by atoms with van der Waals surface area (Å²) >= 11 is 0. The van der Waals surface area contributed by atoms with Crippen molar-refractivity contribution in [1.29, 1.82) is 21.0 Å². The summed E-state index contributed by atoms with van der Waals surface area (Å²) in [5.41, 5.74) is 0. The monoisotopic (exact) mass is 296 g/mol. The second-order valence-electron chi connectivity index (χ2n) is 0.365. The van der Waals surface area contributed by atoms with Crippen molar-refractivity contribution in [3.63, 3.8) is 0 Å². The maximum absolute atomic E-state index is 8.24. The first-order valence-corrected chi connectivity index (χ1v) is 1.71. The zero-order chi connectivity index (χ0) is 10.8. The summed E-state index contributed by atoms with van der Waals surface area (Å²) in [6, 6.07) is 0. The maximum Gasteiger partial charge on any atom is 2.00 e. The molecular weight excluding hydrogens is 299 g/mol. The third kappa shape index (κ3) is 363. The average molecular weight is 299 g/mol. The maximum atomic E-state index is 8.24. The van der Waals surface area contributed by atoms with Crippen LogP contribution < -0.4 is 20.4 Å². The minimum Gasteiger partial charge on any atom is -0.812 e. The summed E-state index contributed by atoms with van der Waals surface area (Å²) in [4.78, 5) is 0. The molecule has 8 nitrogen and oxygen atoms in total. The van der Waals surface area contributed by atoms with Gasteiger partial charge in [-0.25, -0.2) is 21.0 Å². The van der Waals surface area contributed by atoms with Crippen molar-refractivity contribution in [3.8, 4) is 25.0 Å². The molecule has 0 atom stereocenters. The van der Waals surface area contributed by atoms with Crippen LogP contribution in [0.1, 0.15) is 0 Å². The largest absolute Gasteiger partial charge is 2.00 e. The molecule has 0 amide bonds.